The predicted molar refractivity (Wildman–Crippen MR) is 90.2 cm³/mol. The second-order valence-corrected chi connectivity index (χ2v) is 7.43. The average Bonchev–Trinajstić information content (AvgIpc) is 2.94. The highest BCUT2D eigenvalue weighted by atomic mass is 32.2. The summed E-state index contributed by atoms with van der Waals surface area (Å²) in [7, 11) is -2.02. The molecule has 1 amide bonds. The molecule has 25 heavy (non-hydrogen) atoms. The maximum Gasteiger partial charge on any atom is 0.248 e. The standard InChI is InChI=1S/C15H18FN5O3S/c1-19-5-2-6-21(13-4-3-11(16)7-14(13)19)15(22)10-20-9-12(8-18-20)25(17,23)24/h3-4,7-9H,2,5-6,10H2,1H3,(H2,17,23,24). The molecule has 1 aliphatic rings. The van der Waals surface area contributed by atoms with E-state index in [9.17, 15) is 17.6 Å². The first-order valence-electron chi connectivity index (χ1n) is 7.62. The van der Waals surface area contributed by atoms with Crippen LogP contribution in [0.5, 0.6) is 0 Å². The average molecular weight is 367 g/mol. The molecule has 0 radical (unpaired) electrons. The fraction of sp³-hybridized carbons (Fsp3) is 0.333. The first-order chi connectivity index (χ1) is 11.8. The molecular formula is C15H18FN5O3S. The fourth-order valence-electron chi connectivity index (χ4n) is 2.80. The minimum Gasteiger partial charge on any atom is -0.373 e. The van der Waals surface area contributed by atoms with E-state index in [1.807, 2.05) is 11.9 Å². The van der Waals surface area contributed by atoms with Gasteiger partial charge in [-0.2, -0.15) is 5.10 Å². The Morgan fingerprint density at radius 1 is 1.32 bits per heavy atom. The molecular weight excluding hydrogens is 349 g/mol. The Kier molecular flexibility index (Phi) is 4.48. The number of benzene rings is 1. The summed E-state index contributed by atoms with van der Waals surface area (Å²) in [6.07, 6.45) is 3.03. The third kappa shape index (κ3) is 3.64. The Balaban J connectivity index is 1.87. The number of primary sulfonamides is 1. The molecule has 0 atom stereocenters. The lowest BCUT2D eigenvalue weighted by Gasteiger charge is -2.24. The number of carbonyl (C=O) groups excluding carboxylic acids is 1. The maximum absolute atomic E-state index is 13.6. The van der Waals surface area contributed by atoms with E-state index in [0.29, 0.717) is 24.5 Å². The second-order valence-electron chi connectivity index (χ2n) is 5.87. The Bertz CT molecular complexity index is 912. The summed E-state index contributed by atoms with van der Waals surface area (Å²) in [5.74, 6) is -0.642. The molecule has 8 nitrogen and oxygen atoms in total. The number of nitrogens with zero attached hydrogens (tertiary/aromatic N) is 4. The van der Waals surface area contributed by atoms with Crippen LogP contribution in [0, 0.1) is 5.82 Å². The van der Waals surface area contributed by atoms with Crippen LogP contribution < -0.4 is 14.9 Å². The van der Waals surface area contributed by atoms with Gasteiger partial charge in [0.05, 0.1) is 17.6 Å². The van der Waals surface area contributed by atoms with Crippen LogP contribution in [0.1, 0.15) is 6.42 Å². The molecule has 0 spiro atoms. The molecule has 0 aliphatic carbocycles. The van der Waals surface area contributed by atoms with E-state index in [0.717, 1.165) is 12.6 Å². The molecule has 0 bridgehead atoms. The van der Waals surface area contributed by atoms with Gasteiger partial charge in [0.2, 0.25) is 15.9 Å². The Morgan fingerprint density at radius 2 is 2.08 bits per heavy atom. The molecule has 2 heterocycles. The maximum atomic E-state index is 13.6. The molecule has 0 saturated carbocycles. The van der Waals surface area contributed by atoms with Crippen LogP contribution >= 0.6 is 0 Å². The number of amides is 1. The smallest absolute Gasteiger partial charge is 0.248 e. The van der Waals surface area contributed by atoms with E-state index in [-0.39, 0.29) is 23.2 Å². The van der Waals surface area contributed by atoms with E-state index in [2.05, 4.69) is 5.10 Å². The van der Waals surface area contributed by atoms with Gasteiger partial charge in [-0.1, -0.05) is 0 Å². The molecule has 1 aliphatic heterocycles. The quantitative estimate of drug-likeness (QED) is 0.853. The Morgan fingerprint density at radius 3 is 2.76 bits per heavy atom. The first-order valence-corrected chi connectivity index (χ1v) is 9.16. The molecule has 1 aromatic carbocycles. The molecule has 3 rings (SSSR count). The zero-order chi connectivity index (χ0) is 18.2. The van der Waals surface area contributed by atoms with Crippen LogP contribution in [0.15, 0.2) is 35.5 Å². The van der Waals surface area contributed by atoms with Crippen LogP contribution in [0.25, 0.3) is 0 Å². The molecule has 134 valence electrons. The summed E-state index contributed by atoms with van der Waals surface area (Å²) in [6, 6.07) is 4.28. The van der Waals surface area contributed by atoms with Crippen LogP contribution in [0.2, 0.25) is 0 Å². The van der Waals surface area contributed by atoms with Crippen molar-refractivity contribution in [1.82, 2.24) is 9.78 Å². The summed E-state index contributed by atoms with van der Waals surface area (Å²) >= 11 is 0. The van der Waals surface area contributed by atoms with Crippen molar-refractivity contribution < 1.29 is 17.6 Å². The van der Waals surface area contributed by atoms with Gasteiger partial charge in [0.25, 0.3) is 0 Å². The number of rotatable bonds is 3. The number of carbonyl (C=O) groups is 1. The summed E-state index contributed by atoms with van der Waals surface area (Å²) in [4.78, 5) is 16.0. The lowest BCUT2D eigenvalue weighted by atomic mass is 10.2. The summed E-state index contributed by atoms with van der Waals surface area (Å²) < 4.78 is 37.4. The van der Waals surface area contributed by atoms with Gasteiger partial charge < -0.3 is 9.80 Å². The van der Waals surface area contributed by atoms with E-state index in [4.69, 9.17) is 5.14 Å². The lowest BCUT2D eigenvalue weighted by molar-refractivity contribution is -0.119. The Hall–Kier alpha value is -2.46. The van der Waals surface area contributed by atoms with E-state index < -0.39 is 10.0 Å². The third-order valence-corrected chi connectivity index (χ3v) is 4.92. The lowest BCUT2D eigenvalue weighted by Crippen LogP contribution is -2.34. The minimum absolute atomic E-state index is 0.143. The third-order valence-electron chi connectivity index (χ3n) is 4.05. The molecule has 0 fully saturated rings. The molecule has 10 heteroatoms. The predicted octanol–water partition coefficient (Wildman–Crippen LogP) is 0.543. The number of hydrogen-bond acceptors (Lipinski definition) is 5. The first kappa shape index (κ1) is 17.4. The number of nitrogens with two attached hydrogens (primary N) is 1. The second kappa shape index (κ2) is 6.45. The number of aromatic nitrogens is 2. The van der Waals surface area contributed by atoms with Crippen molar-refractivity contribution in [3.63, 3.8) is 0 Å². The van der Waals surface area contributed by atoms with E-state index >= 15 is 0 Å². The van der Waals surface area contributed by atoms with Gasteiger partial charge in [0, 0.05) is 26.3 Å². The number of halogens is 1. The van der Waals surface area contributed by atoms with Crippen molar-refractivity contribution in [2.75, 3.05) is 29.9 Å². The number of sulfonamides is 1. The number of hydrogen-bond donors (Lipinski definition) is 1. The van der Waals surface area contributed by atoms with Gasteiger partial charge in [-0.15, -0.1) is 0 Å². The Labute approximate surface area is 144 Å². The summed E-state index contributed by atoms with van der Waals surface area (Å²) in [6.45, 7) is 1.03. The summed E-state index contributed by atoms with van der Waals surface area (Å²) in [5.41, 5.74) is 1.25. The van der Waals surface area contributed by atoms with E-state index in [1.165, 1.54) is 23.0 Å². The number of anilines is 2. The zero-order valence-corrected chi connectivity index (χ0v) is 14.4. The van der Waals surface area contributed by atoms with Crippen molar-refractivity contribution >= 4 is 27.3 Å². The monoisotopic (exact) mass is 367 g/mol. The van der Waals surface area contributed by atoms with Crippen LogP contribution in [-0.2, 0) is 21.4 Å². The highest BCUT2D eigenvalue weighted by molar-refractivity contribution is 7.89. The topological polar surface area (TPSA) is 102 Å². The minimum atomic E-state index is -3.87. The zero-order valence-electron chi connectivity index (χ0n) is 13.6. The van der Waals surface area contributed by atoms with Gasteiger partial charge in [-0.05, 0) is 24.6 Å². The van der Waals surface area contributed by atoms with Gasteiger partial charge in [0.1, 0.15) is 17.3 Å². The van der Waals surface area contributed by atoms with Gasteiger partial charge in [-0.25, -0.2) is 17.9 Å². The van der Waals surface area contributed by atoms with Gasteiger partial charge in [-0.3, -0.25) is 9.48 Å². The van der Waals surface area contributed by atoms with Gasteiger partial charge >= 0.3 is 0 Å². The number of fused-ring (bicyclic) bond motifs is 1. The van der Waals surface area contributed by atoms with Gasteiger partial charge in [0.15, 0.2) is 0 Å². The highest BCUT2D eigenvalue weighted by Gasteiger charge is 2.24. The van der Waals surface area contributed by atoms with Crippen molar-refractivity contribution in [3.8, 4) is 0 Å². The van der Waals surface area contributed by atoms with Crippen molar-refractivity contribution in [1.29, 1.82) is 0 Å². The molecule has 2 N–H and O–H groups in total. The molecule has 1 aromatic heterocycles. The molecule has 0 saturated heterocycles. The van der Waals surface area contributed by atoms with Crippen molar-refractivity contribution in [2.24, 2.45) is 5.14 Å². The molecule has 0 unspecified atom stereocenters. The summed E-state index contributed by atoms with van der Waals surface area (Å²) in [5, 5.41) is 8.91. The highest BCUT2D eigenvalue weighted by Crippen LogP contribution is 2.32. The van der Waals surface area contributed by atoms with Crippen LogP contribution in [-0.4, -0.2) is 44.2 Å². The normalized spacial score (nSPS) is 15.0. The molecule has 2 aromatic rings. The largest absolute Gasteiger partial charge is 0.373 e. The van der Waals surface area contributed by atoms with Crippen LogP contribution in [0.4, 0.5) is 15.8 Å². The SMILES string of the molecule is CN1CCCN(C(=O)Cn2cc(S(N)(=O)=O)cn2)c2ccc(F)cc21. The van der Waals surface area contributed by atoms with Crippen LogP contribution in [0.3, 0.4) is 0 Å². The fourth-order valence-corrected chi connectivity index (χ4v) is 3.26. The van der Waals surface area contributed by atoms with Crippen molar-refractivity contribution in [2.45, 2.75) is 17.9 Å². The van der Waals surface area contributed by atoms with Crippen molar-refractivity contribution in [3.05, 3.63) is 36.4 Å². The van der Waals surface area contributed by atoms with E-state index in [1.54, 1.807) is 11.0 Å².